The van der Waals surface area contributed by atoms with E-state index in [4.69, 9.17) is 10.5 Å². The Morgan fingerprint density at radius 3 is 2.28 bits per heavy atom. The lowest BCUT2D eigenvalue weighted by molar-refractivity contribution is -0.135. The van der Waals surface area contributed by atoms with Crippen LogP contribution < -0.4 is 5.73 Å². The number of nitrogens with zero attached hydrogens (tertiary/aromatic N) is 2. The molecule has 1 fully saturated rings. The minimum atomic E-state index is -0.425. The summed E-state index contributed by atoms with van der Waals surface area (Å²) in [6.07, 6.45) is 0.592. The van der Waals surface area contributed by atoms with E-state index in [-0.39, 0.29) is 11.4 Å². The second-order valence-electron chi connectivity index (χ2n) is 5.87. The van der Waals surface area contributed by atoms with E-state index < -0.39 is 6.04 Å². The summed E-state index contributed by atoms with van der Waals surface area (Å²) in [5.74, 6) is 0.0561. The van der Waals surface area contributed by atoms with Crippen molar-refractivity contribution in [1.82, 2.24) is 9.80 Å². The molecule has 0 aliphatic carbocycles. The normalized spacial score (nSPS) is 19.9. The molecule has 1 aliphatic heterocycles. The van der Waals surface area contributed by atoms with Gasteiger partial charge in [-0.2, -0.15) is 0 Å². The Morgan fingerprint density at radius 2 is 1.83 bits per heavy atom. The van der Waals surface area contributed by atoms with Crippen molar-refractivity contribution >= 4 is 5.91 Å². The molecule has 5 nitrogen and oxygen atoms in total. The Hall–Kier alpha value is -0.650. The summed E-state index contributed by atoms with van der Waals surface area (Å²) in [6.45, 7) is 10.5. The van der Waals surface area contributed by atoms with Crippen LogP contribution in [-0.4, -0.2) is 67.2 Å². The highest BCUT2D eigenvalue weighted by Crippen LogP contribution is 2.16. The highest BCUT2D eigenvalue weighted by atomic mass is 16.5. The lowest BCUT2D eigenvalue weighted by Crippen LogP contribution is -2.57. The van der Waals surface area contributed by atoms with Crippen LogP contribution in [-0.2, 0) is 9.53 Å². The van der Waals surface area contributed by atoms with Crippen molar-refractivity contribution in [2.24, 2.45) is 5.73 Å². The van der Waals surface area contributed by atoms with Crippen LogP contribution in [0.4, 0.5) is 0 Å². The van der Waals surface area contributed by atoms with E-state index in [2.05, 4.69) is 25.7 Å². The zero-order chi connectivity index (χ0) is 13.8. The number of carbonyl (C=O) groups excluding carboxylic acids is 1. The predicted octanol–water partition coefficient (Wildman–Crippen LogP) is 0.293. The van der Waals surface area contributed by atoms with Crippen molar-refractivity contribution < 1.29 is 9.53 Å². The largest absolute Gasteiger partial charge is 0.385 e. The van der Waals surface area contributed by atoms with Crippen LogP contribution in [0.5, 0.6) is 0 Å². The molecule has 1 atom stereocenters. The molecule has 0 spiro atoms. The molecule has 0 aromatic carbocycles. The maximum absolute atomic E-state index is 12.1. The fourth-order valence-corrected chi connectivity index (χ4v) is 2.20. The molecule has 18 heavy (non-hydrogen) atoms. The Labute approximate surface area is 110 Å². The maximum Gasteiger partial charge on any atom is 0.239 e. The number of hydrogen-bond acceptors (Lipinski definition) is 4. The number of carbonyl (C=O) groups is 1. The van der Waals surface area contributed by atoms with Crippen LogP contribution >= 0.6 is 0 Å². The second-order valence-corrected chi connectivity index (χ2v) is 5.87. The Balaban J connectivity index is 2.40. The number of rotatable bonds is 4. The lowest BCUT2D eigenvalue weighted by Gasteiger charge is -2.42. The van der Waals surface area contributed by atoms with E-state index >= 15 is 0 Å². The fourth-order valence-electron chi connectivity index (χ4n) is 2.20. The summed E-state index contributed by atoms with van der Waals surface area (Å²) in [6, 6.07) is -0.425. The number of hydrogen-bond donors (Lipinski definition) is 1. The van der Waals surface area contributed by atoms with E-state index in [0.29, 0.717) is 13.0 Å². The van der Waals surface area contributed by atoms with Crippen LogP contribution in [0.1, 0.15) is 27.2 Å². The highest BCUT2D eigenvalue weighted by molar-refractivity contribution is 5.81. The highest BCUT2D eigenvalue weighted by Gasteiger charge is 2.29. The van der Waals surface area contributed by atoms with Gasteiger partial charge in [0.15, 0.2) is 0 Å². The summed E-state index contributed by atoms with van der Waals surface area (Å²) < 4.78 is 4.95. The smallest absolute Gasteiger partial charge is 0.239 e. The number of ether oxygens (including phenoxy) is 1. The number of methoxy groups -OCH3 is 1. The van der Waals surface area contributed by atoms with Crippen molar-refractivity contribution in [1.29, 1.82) is 0 Å². The van der Waals surface area contributed by atoms with E-state index in [1.165, 1.54) is 0 Å². The molecule has 0 aromatic rings. The summed E-state index contributed by atoms with van der Waals surface area (Å²) >= 11 is 0. The molecule has 0 radical (unpaired) electrons. The fraction of sp³-hybridized carbons (Fsp3) is 0.923. The van der Waals surface area contributed by atoms with Gasteiger partial charge in [-0.1, -0.05) is 0 Å². The monoisotopic (exact) mass is 257 g/mol. The molecule has 1 amide bonds. The Bertz CT molecular complexity index is 268. The van der Waals surface area contributed by atoms with Crippen molar-refractivity contribution in [3.05, 3.63) is 0 Å². The molecular weight excluding hydrogens is 230 g/mol. The number of piperazine rings is 1. The van der Waals surface area contributed by atoms with Crippen LogP contribution in [0.15, 0.2) is 0 Å². The van der Waals surface area contributed by atoms with Gasteiger partial charge in [-0.15, -0.1) is 0 Å². The Morgan fingerprint density at radius 1 is 1.28 bits per heavy atom. The summed E-state index contributed by atoms with van der Waals surface area (Å²) in [4.78, 5) is 16.4. The van der Waals surface area contributed by atoms with Crippen LogP contribution in [0.3, 0.4) is 0 Å². The van der Waals surface area contributed by atoms with Gasteiger partial charge in [-0.25, -0.2) is 0 Å². The molecule has 1 unspecified atom stereocenters. The van der Waals surface area contributed by atoms with Gasteiger partial charge < -0.3 is 15.4 Å². The van der Waals surface area contributed by atoms with Crippen molar-refractivity contribution in [3.63, 3.8) is 0 Å². The zero-order valence-corrected chi connectivity index (χ0v) is 12.1. The molecule has 0 bridgehead atoms. The van der Waals surface area contributed by atoms with Crippen molar-refractivity contribution in [2.45, 2.75) is 38.8 Å². The van der Waals surface area contributed by atoms with E-state index in [0.717, 1.165) is 26.2 Å². The zero-order valence-electron chi connectivity index (χ0n) is 12.1. The minimum Gasteiger partial charge on any atom is -0.385 e. The predicted molar refractivity (Wildman–Crippen MR) is 72.4 cm³/mol. The number of nitrogens with two attached hydrogens (primary N) is 1. The Kier molecular flexibility index (Phi) is 5.56. The summed E-state index contributed by atoms with van der Waals surface area (Å²) in [7, 11) is 1.62. The van der Waals surface area contributed by atoms with E-state index in [1.807, 2.05) is 4.90 Å². The first kappa shape index (κ1) is 15.4. The maximum atomic E-state index is 12.1. The third kappa shape index (κ3) is 4.23. The van der Waals surface area contributed by atoms with Crippen LogP contribution in [0.2, 0.25) is 0 Å². The molecule has 1 heterocycles. The van der Waals surface area contributed by atoms with Gasteiger partial charge in [0, 0.05) is 45.4 Å². The first-order valence-corrected chi connectivity index (χ1v) is 6.64. The van der Waals surface area contributed by atoms with Crippen molar-refractivity contribution in [2.75, 3.05) is 39.9 Å². The standard InChI is InChI=1S/C13H27N3O2/c1-13(2,3)16-8-6-15(7-9-16)12(17)11(14)5-10-18-4/h11H,5-10,14H2,1-4H3. The summed E-state index contributed by atoms with van der Waals surface area (Å²) in [5, 5.41) is 0. The van der Waals surface area contributed by atoms with Gasteiger partial charge in [-0.05, 0) is 27.2 Å². The van der Waals surface area contributed by atoms with Gasteiger partial charge in [-0.3, -0.25) is 9.69 Å². The average Bonchev–Trinajstić information content (AvgIpc) is 2.34. The molecule has 0 aromatic heterocycles. The van der Waals surface area contributed by atoms with Crippen molar-refractivity contribution in [3.8, 4) is 0 Å². The van der Waals surface area contributed by atoms with Crippen LogP contribution in [0.25, 0.3) is 0 Å². The minimum absolute atomic E-state index is 0.0561. The van der Waals surface area contributed by atoms with Gasteiger partial charge in [0.05, 0.1) is 6.04 Å². The topological polar surface area (TPSA) is 58.8 Å². The molecule has 0 saturated carbocycles. The van der Waals surface area contributed by atoms with Gasteiger partial charge >= 0.3 is 0 Å². The van der Waals surface area contributed by atoms with Gasteiger partial charge in [0.25, 0.3) is 0 Å². The van der Waals surface area contributed by atoms with E-state index in [9.17, 15) is 4.79 Å². The molecule has 1 saturated heterocycles. The molecule has 1 aliphatic rings. The van der Waals surface area contributed by atoms with Gasteiger partial charge in [0.1, 0.15) is 0 Å². The number of amides is 1. The molecule has 1 rings (SSSR count). The molecule has 2 N–H and O–H groups in total. The first-order chi connectivity index (χ1) is 8.36. The molecular formula is C13H27N3O2. The average molecular weight is 257 g/mol. The quantitative estimate of drug-likeness (QED) is 0.786. The lowest BCUT2D eigenvalue weighted by atomic mass is 10.0. The summed E-state index contributed by atoms with van der Waals surface area (Å²) in [5.41, 5.74) is 6.04. The first-order valence-electron chi connectivity index (χ1n) is 6.64. The van der Waals surface area contributed by atoms with Crippen LogP contribution in [0, 0.1) is 0 Å². The SMILES string of the molecule is COCCC(N)C(=O)N1CCN(C(C)(C)C)CC1. The third-order valence-corrected chi connectivity index (χ3v) is 3.49. The molecule has 106 valence electrons. The third-order valence-electron chi connectivity index (χ3n) is 3.49. The van der Waals surface area contributed by atoms with Gasteiger partial charge in [0.2, 0.25) is 5.91 Å². The second kappa shape index (κ2) is 6.50. The van der Waals surface area contributed by atoms with E-state index in [1.54, 1.807) is 7.11 Å². The molecule has 5 heteroatoms.